The molecule has 1 rings (SSSR count). The van der Waals surface area contributed by atoms with Gasteiger partial charge in [0.25, 0.3) is 0 Å². The van der Waals surface area contributed by atoms with Crippen LogP contribution in [-0.4, -0.2) is 32.5 Å². The Morgan fingerprint density at radius 2 is 1.73 bits per heavy atom. The van der Waals surface area contributed by atoms with Crippen LogP contribution < -0.4 is 5.32 Å². The molecule has 0 amide bonds. The molecular formula is C7H15NO2S. The van der Waals surface area contributed by atoms with Crippen LogP contribution in [0.2, 0.25) is 0 Å². The van der Waals surface area contributed by atoms with Gasteiger partial charge in [-0.2, -0.15) is 0 Å². The Bertz CT molecular complexity index is 219. The van der Waals surface area contributed by atoms with E-state index in [2.05, 4.69) is 12.2 Å². The third-order valence-corrected chi connectivity index (χ3v) is 4.19. The first kappa shape index (κ1) is 9.00. The van der Waals surface area contributed by atoms with Gasteiger partial charge < -0.3 is 5.32 Å². The minimum Gasteiger partial charge on any atom is -0.314 e. The summed E-state index contributed by atoms with van der Waals surface area (Å²) >= 11 is 0. The van der Waals surface area contributed by atoms with Crippen LogP contribution in [0.3, 0.4) is 0 Å². The van der Waals surface area contributed by atoms with E-state index in [9.17, 15) is 8.42 Å². The Balaban J connectivity index is 2.62. The van der Waals surface area contributed by atoms with E-state index in [-0.39, 0.29) is 5.54 Å². The first-order chi connectivity index (χ1) is 4.97. The predicted molar refractivity (Wildman–Crippen MR) is 45.4 cm³/mol. The molecule has 0 unspecified atom stereocenters. The summed E-state index contributed by atoms with van der Waals surface area (Å²) < 4.78 is 22.1. The van der Waals surface area contributed by atoms with Crippen molar-refractivity contribution in [3.8, 4) is 0 Å². The number of hydrogen-bond acceptors (Lipinski definition) is 3. The third-order valence-electron chi connectivity index (χ3n) is 2.53. The predicted octanol–water partition coefficient (Wildman–Crippen LogP) is 0.173. The fraction of sp³-hybridized carbons (Fsp3) is 1.00. The van der Waals surface area contributed by atoms with Crippen LogP contribution in [0.15, 0.2) is 0 Å². The SMILES string of the molecule is CNC1(C)CCS(=O)(=O)CC1. The molecule has 11 heavy (non-hydrogen) atoms. The van der Waals surface area contributed by atoms with Gasteiger partial charge in [-0.3, -0.25) is 0 Å². The monoisotopic (exact) mass is 177 g/mol. The lowest BCUT2D eigenvalue weighted by atomic mass is 9.95. The Kier molecular flexibility index (Phi) is 2.25. The van der Waals surface area contributed by atoms with Crippen molar-refractivity contribution in [1.82, 2.24) is 5.32 Å². The van der Waals surface area contributed by atoms with E-state index in [1.54, 1.807) is 0 Å². The Morgan fingerprint density at radius 3 is 2.09 bits per heavy atom. The van der Waals surface area contributed by atoms with Gasteiger partial charge in [0.2, 0.25) is 0 Å². The maximum Gasteiger partial charge on any atom is 0.150 e. The summed E-state index contributed by atoms with van der Waals surface area (Å²) in [6, 6.07) is 0. The fourth-order valence-electron chi connectivity index (χ4n) is 1.24. The Hall–Kier alpha value is -0.0900. The normalized spacial score (nSPS) is 28.2. The molecular weight excluding hydrogens is 162 g/mol. The number of sulfone groups is 1. The highest BCUT2D eigenvalue weighted by atomic mass is 32.2. The Labute approximate surface area is 68.1 Å². The second kappa shape index (κ2) is 2.75. The van der Waals surface area contributed by atoms with Gasteiger partial charge in [0.1, 0.15) is 9.84 Å². The number of hydrogen-bond donors (Lipinski definition) is 1. The first-order valence-electron chi connectivity index (χ1n) is 3.87. The van der Waals surface area contributed by atoms with Crippen molar-refractivity contribution < 1.29 is 8.42 Å². The fourth-order valence-corrected chi connectivity index (χ4v) is 2.97. The minimum absolute atomic E-state index is 0.0469. The maximum absolute atomic E-state index is 11.0. The second-order valence-electron chi connectivity index (χ2n) is 3.46. The van der Waals surface area contributed by atoms with E-state index in [1.165, 1.54) is 0 Å². The summed E-state index contributed by atoms with van der Waals surface area (Å²) in [6.07, 6.45) is 1.48. The lowest BCUT2D eigenvalue weighted by molar-refractivity contribution is 0.348. The highest BCUT2D eigenvalue weighted by molar-refractivity contribution is 7.91. The zero-order valence-electron chi connectivity index (χ0n) is 7.05. The van der Waals surface area contributed by atoms with Gasteiger partial charge in [0, 0.05) is 5.54 Å². The van der Waals surface area contributed by atoms with E-state index in [0.29, 0.717) is 11.5 Å². The van der Waals surface area contributed by atoms with Gasteiger partial charge in [-0.25, -0.2) is 8.42 Å². The zero-order chi connectivity index (χ0) is 8.54. The maximum atomic E-state index is 11.0. The standard InChI is InChI=1S/C7H15NO2S/c1-7(8-2)3-5-11(9,10)6-4-7/h8H,3-6H2,1-2H3. The van der Waals surface area contributed by atoms with Gasteiger partial charge in [0.15, 0.2) is 0 Å². The van der Waals surface area contributed by atoms with E-state index < -0.39 is 9.84 Å². The summed E-state index contributed by atoms with van der Waals surface area (Å²) in [5.74, 6) is 0.675. The smallest absolute Gasteiger partial charge is 0.150 e. The summed E-state index contributed by atoms with van der Waals surface area (Å²) in [7, 11) is -0.817. The molecule has 66 valence electrons. The molecule has 1 fully saturated rings. The lowest BCUT2D eigenvalue weighted by Gasteiger charge is -2.32. The molecule has 1 heterocycles. The summed E-state index contributed by atoms with van der Waals surface area (Å²) in [5, 5.41) is 3.15. The Morgan fingerprint density at radius 1 is 1.27 bits per heavy atom. The van der Waals surface area contributed by atoms with E-state index in [4.69, 9.17) is 0 Å². The second-order valence-corrected chi connectivity index (χ2v) is 5.77. The minimum atomic E-state index is -2.70. The van der Waals surface area contributed by atoms with E-state index in [0.717, 1.165) is 12.8 Å². The van der Waals surface area contributed by atoms with Crippen LogP contribution in [0.5, 0.6) is 0 Å². The van der Waals surface area contributed by atoms with Gasteiger partial charge in [-0.15, -0.1) is 0 Å². The molecule has 0 aromatic rings. The topological polar surface area (TPSA) is 46.2 Å². The molecule has 4 heteroatoms. The van der Waals surface area contributed by atoms with Crippen LogP contribution in [0.25, 0.3) is 0 Å². The highest BCUT2D eigenvalue weighted by Crippen LogP contribution is 2.22. The molecule has 0 radical (unpaired) electrons. The van der Waals surface area contributed by atoms with E-state index >= 15 is 0 Å². The molecule has 1 aliphatic rings. The average Bonchev–Trinajstić information content (AvgIpc) is 1.97. The van der Waals surface area contributed by atoms with Crippen LogP contribution in [0.4, 0.5) is 0 Å². The zero-order valence-corrected chi connectivity index (χ0v) is 7.87. The molecule has 0 saturated carbocycles. The van der Waals surface area contributed by atoms with Crippen LogP contribution >= 0.6 is 0 Å². The lowest BCUT2D eigenvalue weighted by Crippen LogP contribution is -2.46. The van der Waals surface area contributed by atoms with Crippen molar-refractivity contribution in [2.45, 2.75) is 25.3 Å². The first-order valence-corrected chi connectivity index (χ1v) is 5.69. The summed E-state index contributed by atoms with van der Waals surface area (Å²) in [6.45, 7) is 2.07. The molecule has 3 nitrogen and oxygen atoms in total. The molecule has 1 saturated heterocycles. The number of nitrogens with one attached hydrogen (secondary N) is 1. The molecule has 0 aromatic heterocycles. The summed E-state index contributed by atoms with van der Waals surface area (Å²) in [5.41, 5.74) is 0.0469. The van der Waals surface area contributed by atoms with Crippen molar-refractivity contribution in [3.63, 3.8) is 0 Å². The van der Waals surface area contributed by atoms with Crippen molar-refractivity contribution in [3.05, 3.63) is 0 Å². The highest BCUT2D eigenvalue weighted by Gasteiger charge is 2.31. The van der Waals surface area contributed by atoms with Crippen molar-refractivity contribution in [2.24, 2.45) is 0 Å². The molecule has 0 aliphatic carbocycles. The van der Waals surface area contributed by atoms with Crippen LogP contribution in [0.1, 0.15) is 19.8 Å². The molecule has 0 bridgehead atoms. The van der Waals surface area contributed by atoms with Gasteiger partial charge in [0.05, 0.1) is 11.5 Å². The molecule has 0 aromatic carbocycles. The van der Waals surface area contributed by atoms with Gasteiger partial charge >= 0.3 is 0 Å². The van der Waals surface area contributed by atoms with E-state index in [1.807, 2.05) is 7.05 Å². The molecule has 0 atom stereocenters. The van der Waals surface area contributed by atoms with Crippen molar-refractivity contribution in [1.29, 1.82) is 0 Å². The van der Waals surface area contributed by atoms with Crippen molar-refractivity contribution in [2.75, 3.05) is 18.6 Å². The van der Waals surface area contributed by atoms with Gasteiger partial charge in [-0.05, 0) is 26.8 Å². The average molecular weight is 177 g/mol. The van der Waals surface area contributed by atoms with Crippen LogP contribution in [-0.2, 0) is 9.84 Å². The van der Waals surface area contributed by atoms with Gasteiger partial charge in [-0.1, -0.05) is 0 Å². The van der Waals surface area contributed by atoms with Crippen molar-refractivity contribution >= 4 is 9.84 Å². The third kappa shape index (κ3) is 2.17. The summed E-state index contributed by atoms with van der Waals surface area (Å²) in [4.78, 5) is 0. The largest absolute Gasteiger partial charge is 0.314 e. The molecule has 0 spiro atoms. The number of rotatable bonds is 1. The molecule has 1 aliphatic heterocycles. The van der Waals surface area contributed by atoms with Crippen LogP contribution in [0, 0.1) is 0 Å². The quantitative estimate of drug-likeness (QED) is 0.621. The molecule has 1 N–H and O–H groups in total.